The molecule has 3 aromatic rings. The summed E-state index contributed by atoms with van der Waals surface area (Å²) in [5, 5.41) is 13.9. The van der Waals surface area contributed by atoms with Crippen LogP contribution in [0.4, 0.5) is 5.82 Å². The summed E-state index contributed by atoms with van der Waals surface area (Å²) in [6.07, 6.45) is 1.19. The number of benzene rings is 1. The van der Waals surface area contributed by atoms with Gasteiger partial charge in [-0.2, -0.15) is 14.9 Å². The number of ether oxygens (including phenoxy) is 2. The molecule has 2 aromatic heterocycles. The number of carbonyl (C=O) groups excluding carboxylic acids is 1. The van der Waals surface area contributed by atoms with Crippen LogP contribution in [0.25, 0.3) is 5.82 Å². The van der Waals surface area contributed by atoms with Gasteiger partial charge in [0.15, 0.2) is 17.3 Å². The van der Waals surface area contributed by atoms with E-state index >= 15 is 0 Å². The standard InChI is InChI=1S/C21H23N5O4/c1-4-9-30-15-6-5-13(10-16(15)29-3)14-11-19(28)22-21-20(14)12(2)25-26(21)17-7-8-18(27)24-23-17/h5-8,10,14H,4,9,11H2,1-3H3,(H,22,28)(H,24,27)/t14-/m1/s1. The molecule has 0 fully saturated rings. The Morgan fingerprint density at radius 1 is 1.20 bits per heavy atom. The van der Waals surface area contributed by atoms with Gasteiger partial charge in [0.05, 0.1) is 19.4 Å². The Balaban J connectivity index is 1.78. The number of aromatic amines is 1. The van der Waals surface area contributed by atoms with Crippen molar-refractivity contribution in [1.82, 2.24) is 20.0 Å². The van der Waals surface area contributed by atoms with E-state index in [9.17, 15) is 9.59 Å². The van der Waals surface area contributed by atoms with Gasteiger partial charge in [-0.25, -0.2) is 5.10 Å². The summed E-state index contributed by atoms with van der Waals surface area (Å²) in [5.74, 6) is 1.95. The lowest BCUT2D eigenvalue weighted by Crippen LogP contribution is -2.25. The lowest BCUT2D eigenvalue weighted by Gasteiger charge is -2.25. The third-order valence-corrected chi connectivity index (χ3v) is 5.04. The van der Waals surface area contributed by atoms with Crippen LogP contribution in [0.1, 0.15) is 42.5 Å². The van der Waals surface area contributed by atoms with Gasteiger partial charge >= 0.3 is 0 Å². The number of hydrogen-bond donors (Lipinski definition) is 2. The third-order valence-electron chi connectivity index (χ3n) is 5.04. The average Bonchev–Trinajstić information content (AvgIpc) is 3.08. The lowest BCUT2D eigenvalue weighted by molar-refractivity contribution is -0.116. The van der Waals surface area contributed by atoms with Crippen molar-refractivity contribution in [2.75, 3.05) is 19.0 Å². The lowest BCUT2D eigenvalue weighted by atomic mass is 9.85. The Kier molecular flexibility index (Phi) is 5.26. The maximum Gasteiger partial charge on any atom is 0.264 e. The van der Waals surface area contributed by atoms with Crippen LogP contribution < -0.4 is 20.3 Å². The summed E-state index contributed by atoms with van der Waals surface area (Å²) in [6.45, 7) is 4.53. The zero-order valence-electron chi connectivity index (χ0n) is 17.1. The second-order valence-electron chi connectivity index (χ2n) is 7.10. The molecular weight excluding hydrogens is 386 g/mol. The minimum atomic E-state index is -0.309. The van der Waals surface area contributed by atoms with Gasteiger partial charge in [0.25, 0.3) is 5.56 Å². The number of nitrogens with one attached hydrogen (secondary N) is 2. The number of aromatic nitrogens is 4. The number of rotatable bonds is 6. The smallest absolute Gasteiger partial charge is 0.264 e. The number of nitrogens with zero attached hydrogens (tertiary/aromatic N) is 3. The predicted molar refractivity (Wildman–Crippen MR) is 111 cm³/mol. The van der Waals surface area contributed by atoms with Gasteiger partial charge in [0.1, 0.15) is 5.82 Å². The van der Waals surface area contributed by atoms with E-state index in [1.807, 2.05) is 32.0 Å². The second-order valence-corrected chi connectivity index (χ2v) is 7.10. The Morgan fingerprint density at radius 3 is 2.73 bits per heavy atom. The van der Waals surface area contributed by atoms with Crippen LogP contribution in [0.15, 0.2) is 35.1 Å². The van der Waals surface area contributed by atoms with Crippen molar-refractivity contribution >= 4 is 11.7 Å². The highest BCUT2D eigenvalue weighted by atomic mass is 16.5. The first-order valence-electron chi connectivity index (χ1n) is 9.78. The fourth-order valence-corrected chi connectivity index (χ4v) is 3.68. The first-order valence-corrected chi connectivity index (χ1v) is 9.78. The molecule has 0 radical (unpaired) electrons. The molecule has 4 rings (SSSR count). The van der Waals surface area contributed by atoms with Crippen LogP contribution >= 0.6 is 0 Å². The molecule has 1 aliphatic heterocycles. The molecule has 0 saturated carbocycles. The molecule has 2 N–H and O–H groups in total. The van der Waals surface area contributed by atoms with E-state index in [4.69, 9.17) is 9.47 Å². The molecule has 0 bridgehead atoms. The summed E-state index contributed by atoms with van der Waals surface area (Å²) >= 11 is 0. The molecule has 0 aliphatic carbocycles. The highest BCUT2D eigenvalue weighted by molar-refractivity contribution is 5.95. The van der Waals surface area contributed by atoms with Crippen molar-refractivity contribution < 1.29 is 14.3 Å². The fraction of sp³-hybridized carbons (Fsp3) is 0.333. The van der Waals surface area contributed by atoms with Gasteiger partial charge in [0, 0.05) is 24.0 Å². The van der Waals surface area contributed by atoms with Crippen LogP contribution in [-0.2, 0) is 4.79 Å². The van der Waals surface area contributed by atoms with Gasteiger partial charge in [-0.3, -0.25) is 9.59 Å². The molecular formula is C21H23N5O4. The SMILES string of the molecule is CCCOc1ccc([C@H]2CC(=O)Nc3c2c(C)nn3-c2ccc(=O)[nH]n2)cc1OC. The third kappa shape index (κ3) is 3.54. The minimum Gasteiger partial charge on any atom is -0.493 e. The molecule has 1 aliphatic rings. The van der Waals surface area contributed by atoms with E-state index in [1.54, 1.807) is 17.9 Å². The maximum atomic E-state index is 12.5. The molecule has 1 atom stereocenters. The maximum absolute atomic E-state index is 12.5. The highest BCUT2D eigenvalue weighted by Crippen LogP contribution is 2.42. The fourth-order valence-electron chi connectivity index (χ4n) is 3.68. The number of aryl methyl sites for hydroxylation is 1. The molecule has 30 heavy (non-hydrogen) atoms. The predicted octanol–water partition coefficient (Wildman–Crippen LogP) is 2.54. The van der Waals surface area contributed by atoms with Crippen LogP contribution in [0.5, 0.6) is 11.5 Å². The molecule has 3 heterocycles. The number of amides is 1. The van der Waals surface area contributed by atoms with Crippen LogP contribution in [0, 0.1) is 6.92 Å². The van der Waals surface area contributed by atoms with E-state index in [1.165, 1.54) is 6.07 Å². The molecule has 1 aromatic carbocycles. The molecule has 9 nitrogen and oxygen atoms in total. The van der Waals surface area contributed by atoms with Gasteiger partial charge in [-0.15, -0.1) is 0 Å². The number of H-pyrrole nitrogens is 1. The van der Waals surface area contributed by atoms with E-state index in [-0.39, 0.29) is 23.8 Å². The van der Waals surface area contributed by atoms with E-state index in [0.29, 0.717) is 29.7 Å². The van der Waals surface area contributed by atoms with E-state index in [0.717, 1.165) is 23.2 Å². The molecule has 1 amide bonds. The molecule has 9 heteroatoms. The van der Waals surface area contributed by atoms with Gasteiger partial charge in [0.2, 0.25) is 5.91 Å². The topological polar surface area (TPSA) is 111 Å². The number of fused-ring (bicyclic) bond motifs is 1. The second kappa shape index (κ2) is 8.02. The molecule has 156 valence electrons. The number of anilines is 1. The first-order chi connectivity index (χ1) is 14.5. The Bertz CT molecular complexity index is 1130. The van der Waals surface area contributed by atoms with E-state index in [2.05, 4.69) is 20.6 Å². The molecule has 0 spiro atoms. The number of carbonyl (C=O) groups is 1. The molecule has 0 saturated heterocycles. The Morgan fingerprint density at radius 2 is 2.03 bits per heavy atom. The Hall–Kier alpha value is -3.62. The average molecular weight is 409 g/mol. The van der Waals surface area contributed by atoms with Crippen molar-refractivity contribution in [3.63, 3.8) is 0 Å². The largest absolute Gasteiger partial charge is 0.493 e. The van der Waals surface area contributed by atoms with Crippen LogP contribution in [0.2, 0.25) is 0 Å². The van der Waals surface area contributed by atoms with Crippen molar-refractivity contribution in [1.29, 1.82) is 0 Å². The summed E-state index contributed by atoms with van der Waals surface area (Å²) in [4.78, 5) is 23.9. The van der Waals surface area contributed by atoms with Crippen molar-refractivity contribution in [2.45, 2.75) is 32.6 Å². The summed E-state index contributed by atoms with van der Waals surface area (Å²) in [5.41, 5.74) is 2.31. The van der Waals surface area contributed by atoms with Crippen molar-refractivity contribution in [3.8, 4) is 17.3 Å². The zero-order chi connectivity index (χ0) is 21.3. The zero-order valence-corrected chi connectivity index (χ0v) is 17.1. The van der Waals surface area contributed by atoms with Gasteiger partial charge in [-0.05, 0) is 37.1 Å². The first kappa shape index (κ1) is 19.7. The summed E-state index contributed by atoms with van der Waals surface area (Å²) < 4.78 is 12.8. The van der Waals surface area contributed by atoms with Crippen LogP contribution in [-0.4, -0.2) is 39.6 Å². The van der Waals surface area contributed by atoms with Crippen LogP contribution in [0.3, 0.4) is 0 Å². The number of methoxy groups -OCH3 is 1. The highest BCUT2D eigenvalue weighted by Gasteiger charge is 2.33. The summed E-state index contributed by atoms with van der Waals surface area (Å²) in [7, 11) is 1.60. The van der Waals surface area contributed by atoms with Gasteiger partial charge in [-0.1, -0.05) is 13.0 Å². The summed E-state index contributed by atoms with van der Waals surface area (Å²) in [6, 6.07) is 8.67. The Labute approximate surface area is 173 Å². The number of hydrogen-bond acceptors (Lipinski definition) is 6. The quantitative estimate of drug-likeness (QED) is 0.647. The normalized spacial score (nSPS) is 15.4. The molecule has 0 unspecified atom stereocenters. The van der Waals surface area contributed by atoms with Crippen molar-refractivity contribution in [3.05, 3.63) is 57.5 Å². The van der Waals surface area contributed by atoms with E-state index < -0.39 is 0 Å². The van der Waals surface area contributed by atoms with Gasteiger partial charge < -0.3 is 14.8 Å². The monoisotopic (exact) mass is 409 g/mol. The van der Waals surface area contributed by atoms with Crippen molar-refractivity contribution in [2.24, 2.45) is 0 Å². The minimum absolute atomic E-state index is 0.122.